The first-order valence-corrected chi connectivity index (χ1v) is 4.49. The van der Waals surface area contributed by atoms with Gasteiger partial charge in [-0.25, -0.2) is 0 Å². The van der Waals surface area contributed by atoms with E-state index in [1.54, 1.807) is 24.3 Å². The van der Waals surface area contributed by atoms with Crippen LogP contribution in [0.1, 0.15) is 12.5 Å². The number of carbonyl (C=O) groups is 1. The zero-order chi connectivity index (χ0) is 9.84. The molecule has 0 saturated carbocycles. The normalized spacial score (nSPS) is 10.7. The summed E-state index contributed by atoms with van der Waals surface area (Å²) in [6, 6.07) is 5.22. The predicted molar refractivity (Wildman–Crippen MR) is 56.2 cm³/mol. The molecule has 68 valence electrons. The maximum absolute atomic E-state index is 10.7. The highest BCUT2D eigenvalue weighted by molar-refractivity contribution is 6.37. The van der Waals surface area contributed by atoms with E-state index in [2.05, 4.69) is 0 Å². The van der Waals surface area contributed by atoms with Crippen LogP contribution in [0.3, 0.4) is 0 Å². The molecule has 0 fully saturated rings. The van der Waals surface area contributed by atoms with Crippen molar-refractivity contribution in [3.8, 4) is 0 Å². The highest BCUT2D eigenvalue weighted by Gasteiger charge is 2.00. The molecule has 0 heterocycles. The number of hydrogen-bond donors (Lipinski definition) is 0. The summed E-state index contributed by atoms with van der Waals surface area (Å²) in [5, 5.41) is 1.09. The first-order valence-electron chi connectivity index (χ1n) is 3.74. The minimum atomic E-state index is -0.0315. The van der Waals surface area contributed by atoms with E-state index in [4.69, 9.17) is 23.2 Å². The van der Waals surface area contributed by atoms with Gasteiger partial charge in [0.1, 0.15) is 0 Å². The van der Waals surface area contributed by atoms with Crippen molar-refractivity contribution in [2.24, 2.45) is 0 Å². The van der Waals surface area contributed by atoms with E-state index >= 15 is 0 Å². The summed E-state index contributed by atoms with van der Waals surface area (Å²) in [7, 11) is 0. The van der Waals surface area contributed by atoms with Gasteiger partial charge in [0, 0.05) is 15.6 Å². The second-order valence-corrected chi connectivity index (χ2v) is 3.39. The number of allylic oxidation sites excluding steroid dienone is 1. The highest BCUT2D eigenvalue weighted by atomic mass is 35.5. The van der Waals surface area contributed by atoms with E-state index in [0.29, 0.717) is 15.6 Å². The third-order valence-corrected chi connectivity index (χ3v) is 2.14. The Morgan fingerprint density at radius 1 is 1.31 bits per heavy atom. The molecule has 0 radical (unpaired) electrons. The molecule has 0 atom stereocenters. The Balaban J connectivity index is 3.06. The molecule has 1 rings (SSSR count). The van der Waals surface area contributed by atoms with Crippen molar-refractivity contribution in [2.45, 2.75) is 6.92 Å². The maximum atomic E-state index is 10.7. The van der Waals surface area contributed by atoms with E-state index in [-0.39, 0.29) is 5.78 Å². The molecule has 0 spiro atoms. The first-order chi connectivity index (χ1) is 6.11. The van der Waals surface area contributed by atoms with E-state index in [1.165, 1.54) is 13.0 Å². The molecular formula is C10H8Cl2O. The standard InChI is InChI=1S/C10H8Cl2O/c1-7(13)5-6-8-9(11)3-2-4-10(8)12/h2-6H,1H3/b6-5+. The second-order valence-electron chi connectivity index (χ2n) is 2.58. The van der Waals surface area contributed by atoms with Crippen LogP contribution in [0.2, 0.25) is 10.0 Å². The van der Waals surface area contributed by atoms with Crippen molar-refractivity contribution < 1.29 is 4.79 Å². The summed E-state index contributed by atoms with van der Waals surface area (Å²) >= 11 is 11.7. The lowest BCUT2D eigenvalue weighted by molar-refractivity contribution is -0.112. The molecule has 0 N–H and O–H groups in total. The zero-order valence-electron chi connectivity index (χ0n) is 7.05. The zero-order valence-corrected chi connectivity index (χ0v) is 8.56. The van der Waals surface area contributed by atoms with Gasteiger partial charge in [-0.1, -0.05) is 29.3 Å². The summed E-state index contributed by atoms with van der Waals surface area (Å²) in [6.07, 6.45) is 3.06. The van der Waals surface area contributed by atoms with Crippen LogP contribution < -0.4 is 0 Å². The van der Waals surface area contributed by atoms with Crippen molar-refractivity contribution in [1.82, 2.24) is 0 Å². The van der Waals surface area contributed by atoms with Crippen LogP contribution in [0.5, 0.6) is 0 Å². The van der Waals surface area contributed by atoms with Crippen molar-refractivity contribution in [1.29, 1.82) is 0 Å². The Morgan fingerprint density at radius 2 is 1.85 bits per heavy atom. The van der Waals surface area contributed by atoms with Crippen LogP contribution in [0.15, 0.2) is 24.3 Å². The van der Waals surface area contributed by atoms with Crippen LogP contribution >= 0.6 is 23.2 Å². The fourth-order valence-corrected chi connectivity index (χ4v) is 1.39. The molecule has 0 aliphatic heterocycles. The van der Waals surface area contributed by atoms with Crippen LogP contribution in [-0.2, 0) is 4.79 Å². The SMILES string of the molecule is CC(=O)/C=C/c1c(Cl)cccc1Cl. The third-order valence-electron chi connectivity index (χ3n) is 1.48. The van der Waals surface area contributed by atoms with E-state index in [9.17, 15) is 4.79 Å². The summed E-state index contributed by atoms with van der Waals surface area (Å²) in [5.74, 6) is -0.0315. The van der Waals surface area contributed by atoms with Gasteiger partial charge in [-0.15, -0.1) is 0 Å². The smallest absolute Gasteiger partial charge is 0.152 e. The van der Waals surface area contributed by atoms with Crippen LogP contribution in [0.25, 0.3) is 6.08 Å². The third kappa shape index (κ3) is 2.87. The molecule has 0 bridgehead atoms. The molecule has 1 nitrogen and oxygen atoms in total. The molecule has 1 aromatic rings. The van der Waals surface area contributed by atoms with Crippen molar-refractivity contribution in [3.63, 3.8) is 0 Å². The molecule has 0 unspecified atom stereocenters. The van der Waals surface area contributed by atoms with Crippen LogP contribution in [0.4, 0.5) is 0 Å². The van der Waals surface area contributed by atoms with Gasteiger partial charge < -0.3 is 0 Å². The van der Waals surface area contributed by atoms with Gasteiger partial charge in [-0.2, -0.15) is 0 Å². The Bertz CT molecular complexity index is 336. The van der Waals surface area contributed by atoms with Gasteiger partial charge in [0.15, 0.2) is 5.78 Å². The highest BCUT2D eigenvalue weighted by Crippen LogP contribution is 2.25. The predicted octanol–water partition coefficient (Wildman–Crippen LogP) is 3.60. The van der Waals surface area contributed by atoms with Gasteiger partial charge in [0.25, 0.3) is 0 Å². The Labute approximate surface area is 87.0 Å². The molecule has 13 heavy (non-hydrogen) atoms. The molecule has 0 aliphatic carbocycles. The second kappa shape index (κ2) is 4.45. The number of carbonyl (C=O) groups excluding carboxylic acids is 1. The average molecular weight is 215 g/mol. The fraction of sp³-hybridized carbons (Fsp3) is 0.100. The van der Waals surface area contributed by atoms with Crippen LogP contribution in [-0.4, -0.2) is 5.78 Å². The summed E-state index contributed by atoms with van der Waals surface area (Å²) in [5.41, 5.74) is 0.682. The van der Waals surface area contributed by atoms with Gasteiger partial charge in [0.05, 0.1) is 0 Å². The lowest BCUT2D eigenvalue weighted by Gasteiger charge is -1.99. The Hall–Kier alpha value is -0.790. The molecular weight excluding hydrogens is 207 g/mol. The van der Waals surface area contributed by atoms with Gasteiger partial charge in [0.2, 0.25) is 0 Å². The minimum absolute atomic E-state index is 0.0315. The van der Waals surface area contributed by atoms with E-state index < -0.39 is 0 Å². The molecule has 0 aliphatic rings. The summed E-state index contributed by atoms with van der Waals surface area (Å²) in [6.45, 7) is 1.47. The van der Waals surface area contributed by atoms with E-state index in [1.807, 2.05) is 0 Å². The van der Waals surface area contributed by atoms with Gasteiger partial charge in [-0.3, -0.25) is 4.79 Å². The molecule has 0 amide bonds. The molecule has 3 heteroatoms. The quantitative estimate of drug-likeness (QED) is 0.689. The Kier molecular flexibility index (Phi) is 3.52. The summed E-state index contributed by atoms with van der Waals surface area (Å²) in [4.78, 5) is 10.7. The molecule has 0 aromatic heterocycles. The number of hydrogen-bond acceptors (Lipinski definition) is 1. The lowest BCUT2D eigenvalue weighted by Crippen LogP contribution is -1.82. The fourth-order valence-electron chi connectivity index (χ4n) is 0.871. The molecule has 1 aromatic carbocycles. The largest absolute Gasteiger partial charge is 0.295 e. The topological polar surface area (TPSA) is 17.1 Å². The average Bonchev–Trinajstić information content (AvgIpc) is 2.03. The monoisotopic (exact) mass is 214 g/mol. The summed E-state index contributed by atoms with van der Waals surface area (Å²) < 4.78 is 0. The number of ketones is 1. The molecule has 0 saturated heterocycles. The lowest BCUT2D eigenvalue weighted by atomic mass is 10.2. The number of benzene rings is 1. The first kappa shape index (κ1) is 10.3. The Morgan fingerprint density at radius 3 is 2.31 bits per heavy atom. The van der Waals surface area contributed by atoms with Crippen molar-refractivity contribution in [3.05, 3.63) is 39.9 Å². The van der Waals surface area contributed by atoms with Crippen LogP contribution in [0, 0.1) is 0 Å². The van der Waals surface area contributed by atoms with E-state index in [0.717, 1.165) is 0 Å². The number of rotatable bonds is 2. The minimum Gasteiger partial charge on any atom is -0.295 e. The van der Waals surface area contributed by atoms with Crippen molar-refractivity contribution >= 4 is 35.1 Å². The number of halogens is 2. The maximum Gasteiger partial charge on any atom is 0.152 e. The van der Waals surface area contributed by atoms with Gasteiger partial charge in [-0.05, 0) is 31.2 Å². The van der Waals surface area contributed by atoms with Crippen molar-refractivity contribution in [2.75, 3.05) is 0 Å². The van der Waals surface area contributed by atoms with Gasteiger partial charge >= 0.3 is 0 Å².